The van der Waals surface area contributed by atoms with Gasteiger partial charge in [0, 0.05) is 0 Å². The molecule has 1 rings (SSSR count). The van der Waals surface area contributed by atoms with Crippen molar-refractivity contribution in [2.45, 2.75) is 18.2 Å². The van der Waals surface area contributed by atoms with Crippen LogP contribution in [0.1, 0.15) is 0 Å². The Morgan fingerprint density at radius 3 is 2.00 bits per heavy atom. The Hall–Kier alpha value is 0.570. The van der Waals surface area contributed by atoms with Gasteiger partial charge in [0.25, 0.3) is 0 Å². The third-order valence-corrected chi connectivity index (χ3v) is 2.53. The summed E-state index contributed by atoms with van der Waals surface area (Å²) in [6.45, 7) is 0.428. The summed E-state index contributed by atoms with van der Waals surface area (Å²) in [4.78, 5) is 0. The van der Waals surface area contributed by atoms with Gasteiger partial charge in [0.15, 0.2) is 0 Å². The number of aliphatic hydroxyl groups is 3. The molecule has 1 aliphatic rings. The highest BCUT2D eigenvalue weighted by Crippen LogP contribution is 2.22. The maximum absolute atomic E-state index is 9.37. The molecule has 0 radical (unpaired) electrons. The summed E-state index contributed by atoms with van der Waals surface area (Å²) >= 11 is 0. The molecule has 1 fully saturated rings. The Morgan fingerprint density at radius 1 is 1.33 bits per heavy atom. The minimum Gasteiger partial charge on any atom is -1.00 e. The van der Waals surface area contributed by atoms with Crippen LogP contribution in [0.4, 0.5) is 0 Å². The number of nitrogens with zero attached hydrogens (tertiary/aromatic N) is 1. The first kappa shape index (κ1) is 12.6. The second-order valence-electron chi connectivity index (χ2n) is 3.77. The van der Waals surface area contributed by atoms with Crippen molar-refractivity contribution in [3.63, 3.8) is 0 Å². The molecule has 1 aliphatic heterocycles. The number of halogens is 1. The van der Waals surface area contributed by atoms with Gasteiger partial charge in [0.05, 0.1) is 20.7 Å². The molecule has 4 nitrogen and oxygen atoms in total. The van der Waals surface area contributed by atoms with Crippen molar-refractivity contribution >= 4 is 0 Å². The number of quaternary nitrogens is 1. The molecule has 0 aliphatic carbocycles. The molecule has 3 N–H and O–H groups in total. The molecular weight excluding hydrogens is 273 g/mol. The molecule has 0 unspecified atom stereocenters. The monoisotopic (exact) mass is 289 g/mol. The van der Waals surface area contributed by atoms with E-state index < -0.39 is 12.2 Å². The van der Waals surface area contributed by atoms with Crippen molar-refractivity contribution in [2.24, 2.45) is 0 Å². The topological polar surface area (TPSA) is 60.7 Å². The number of hydrogen-bond acceptors (Lipinski definition) is 3. The molecule has 0 aromatic heterocycles. The van der Waals surface area contributed by atoms with Gasteiger partial charge in [-0.1, -0.05) is 0 Å². The fourth-order valence-electron chi connectivity index (χ4n) is 1.72. The lowest BCUT2D eigenvalue weighted by Gasteiger charge is -2.30. The molecule has 74 valence electrons. The third-order valence-electron chi connectivity index (χ3n) is 2.53. The molecule has 1 saturated heterocycles. The second-order valence-corrected chi connectivity index (χ2v) is 3.77. The molecule has 3 atom stereocenters. The molecular formula is C7H16INO3. The first-order valence-electron chi connectivity index (χ1n) is 3.78. The predicted molar refractivity (Wildman–Crippen MR) is 39.9 cm³/mol. The minimum absolute atomic E-state index is 0. The molecule has 0 bridgehead atoms. The number of likely N-dealkylation sites (tertiary alicyclic amines) is 1. The normalized spacial score (nSPS) is 39.2. The van der Waals surface area contributed by atoms with Gasteiger partial charge in [-0.2, -0.15) is 0 Å². The van der Waals surface area contributed by atoms with Crippen molar-refractivity contribution in [2.75, 3.05) is 27.2 Å². The van der Waals surface area contributed by atoms with Crippen LogP contribution in [0, 0.1) is 0 Å². The van der Waals surface area contributed by atoms with Crippen LogP contribution in [0.25, 0.3) is 0 Å². The Morgan fingerprint density at radius 2 is 1.83 bits per heavy atom. The quantitative estimate of drug-likeness (QED) is 0.335. The lowest BCUT2D eigenvalue weighted by Crippen LogP contribution is -3.00. The zero-order valence-electron chi connectivity index (χ0n) is 7.31. The number of hydrogen-bond donors (Lipinski definition) is 3. The Balaban J connectivity index is 0.00000121. The Bertz CT molecular complexity index is 154. The number of aliphatic hydroxyl groups excluding tert-OH is 3. The zero-order chi connectivity index (χ0) is 8.65. The SMILES string of the molecule is C[N+]1(C)C[C@@H](O)[C@H](O)[C@H]1CO.[I-]. The Kier molecular flexibility index (Phi) is 4.39. The van der Waals surface area contributed by atoms with Gasteiger partial charge in [0.2, 0.25) is 0 Å². The smallest absolute Gasteiger partial charge is 0.141 e. The highest BCUT2D eigenvalue weighted by atomic mass is 127. The van der Waals surface area contributed by atoms with Gasteiger partial charge in [-0.3, -0.25) is 0 Å². The van der Waals surface area contributed by atoms with Crippen LogP contribution in [0.5, 0.6) is 0 Å². The van der Waals surface area contributed by atoms with Crippen molar-refractivity contribution in [1.82, 2.24) is 0 Å². The van der Waals surface area contributed by atoms with Crippen molar-refractivity contribution < 1.29 is 43.8 Å². The lowest BCUT2D eigenvalue weighted by molar-refractivity contribution is -0.905. The molecule has 0 amide bonds. The average Bonchev–Trinajstić information content (AvgIpc) is 2.03. The highest BCUT2D eigenvalue weighted by Gasteiger charge is 2.47. The fraction of sp³-hybridized carbons (Fsp3) is 1.00. The van der Waals surface area contributed by atoms with Crippen molar-refractivity contribution in [3.8, 4) is 0 Å². The van der Waals surface area contributed by atoms with Crippen LogP contribution in [-0.2, 0) is 0 Å². The molecule has 0 aromatic rings. The minimum atomic E-state index is -0.782. The Labute approximate surface area is 89.4 Å². The van der Waals surface area contributed by atoms with Crippen LogP contribution in [0.15, 0.2) is 0 Å². The van der Waals surface area contributed by atoms with E-state index in [0.29, 0.717) is 11.0 Å². The predicted octanol–water partition coefficient (Wildman–Crippen LogP) is -4.84. The van der Waals surface area contributed by atoms with E-state index in [2.05, 4.69) is 0 Å². The van der Waals surface area contributed by atoms with E-state index in [1.165, 1.54) is 0 Å². The lowest BCUT2D eigenvalue weighted by atomic mass is 10.1. The highest BCUT2D eigenvalue weighted by molar-refractivity contribution is 4.82. The van der Waals surface area contributed by atoms with Crippen LogP contribution in [-0.4, -0.2) is 65.3 Å². The maximum Gasteiger partial charge on any atom is 0.141 e. The van der Waals surface area contributed by atoms with E-state index in [4.69, 9.17) is 5.11 Å². The van der Waals surface area contributed by atoms with Gasteiger partial charge in [-0.05, 0) is 0 Å². The van der Waals surface area contributed by atoms with Crippen LogP contribution in [0.2, 0.25) is 0 Å². The van der Waals surface area contributed by atoms with Crippen molar-refractivity contribution in [3.05, 3.63) is 0 Å². The number of rotatable bonds is 1. The van der Waals surface area contributed by atoms with Crippen LogP contribution in [0.3, 0.4) is 0 Å². The van der Waals surface area contributed by atoms with Crippen LogP contribution >= 0.6 is 0 Å². The van der Waals surface area contributed by atoms with Gasteiger partial charge in [-0.25, -0.2) is 0 Å². The molecule has 0 aromatic carbocycles. The van der Waals surface area contributed by atoms with E-state index in [9.17, 15) is 10.2 Å². The number of likely N-dealkylation sites (N-methyl/N-ethyl adjacent to an activating group) is 1. The van der Waals surface area contributed by atoms with E-state index in [-0.39, 0.29) is 36.6 Å². The van der Waals surface area contributed by atoms with Gasteiger partial charge in [0.1, 0.15) is 24.8 Å². The fourth-order valence-corrected chi connectivity index (χ4v) is 1.72. The van der Waals surface area contributed by atoms with E-state index >= 15 is 0 Å². The largest absolute Gasteiger partial charge is 1.00 e. The average molecular weight is 289 g/mol. The summed E-state index contributed by atoms with van der Waals surface area (Å²) < 4.78 is 0.485. The van der Waals surface area contributed by atoms with Gasteiger partial charge < -0.3 is 43.8 Å². The standard InChI is InChI=1S/C7H16NO3.HI/c1-8(2)3-6(10)7(11)5(8)4-9;/h5-7,9-11H,3-4H2,1-2H3;1H/q+1;/p-1/t5-,6-,7-;/m1./s1. The van der Waals surface area contributed by atoms with Crippen molar-refractivity contribution in [1.29, 1.82) is 0 Å². The first-order chi connectivity index (χ1) is 4.99. The van der Waals surface area contributed by atoms with E-state index in [1.54, 1.807) is 0 Å². The summed E-state index contributed by atoms with van der Waals surface area (Å²) in [7, 11) is 3.78. The summed E-state index contributed by atoms with van der Waals surface area (Å²) in [6, 6.07) is -0.245. The molecule has 0 saturated carbocycles. The molecule has 1 heterocycles. The molecule has 5 heteroatoms. The zero-order valence-corrected chi connectivity index (χ0v) is 9.47. The molecule has 12 heavy (non-hydrogen) atoms. The molecule has 0 spiro atoms. The van der Waals surface area contributed by atoms with Gasteiger partial charge in [-0.15, -0.1) is 0 Å². The van der Waals surface area contributed by atoms with Gasteiger partial charge >= 0.3 is 0 Å². The summed E-state index contributed by atoms with van der Waals surface area (Å²) in [5.74, 6) is 0. The maximum atomic E-state index is 9.37. The second kappa shape index (κ2) is 4.19. The third kappa shape index (κ3) is 2.08. The summed E-state index contributed by atoms with van der Waals surface area (Å²) in [5, 5.41) is 27.5. The van der Waals surface area contributed by atoms with E-state index in [0.717, 1.165) is 0 Å². The summed E-state index contributed by atoms with van der Waals surface area (Å²) in [6.07, 6.45) is -1.47. The van der Waals surface area contributed by atoms with E-state index in [1.807, 2.05) is 14.1 Å². The van der Waals surface area contributed by atoms with Crippen LogP contribution < -0.4 is 24.0 Å². The summed E-state index contributed by atoms with van der Waals surface area (Å²) in [5.41, 5.74) is 0. The first-order valence-corrected chi connectivity index (χ1v) is 3.78.